The lowest BCUT2D eigenvalue weighted by atomic mass is 10.0. The van der Waals surface area contributed by atoms with Gasteiger partial charge in [0, 0.05) is 19.3 Å². The second-order valence-electron chi connectivity index (χ2n) is 25.6. The molecule has 6 heteroatoms. The summed E-state index contributed by atoms with van der Waals surface area (Å²) in [5.74, 6) is -0.835. The smallest absolute Gasteiger partial charge is 0.306 e. The van der Waals surface area contributed by atoms with Gasteiger partial charge in [-0.2, -0.15) is 0 Å². The zero-order chi connectivity index (χ0) is 59.2. The predicted molar refractivity (Wildman–Crippen MR) is 358 cm³/mol. The average molecular weight is 1150 g/mol. The minimum absolute atomic E-state index is 0.0663. The van der Waals surface area contributed by atoms with Crippen molar-refractivity contribution in [1.29, 1.82) is 0 Å². The van der Waals surface area contributed by atoms with Gasteiger partial charge in [-0.1, -0.05) is 379 Å². The van der Waals surface area contributed by atoms with Crippen LogP contribution in [0.5, 0.6) is 0 Å². The molecule has 0 aromatic heterocycles. The van der Waals surface area contributed by atoms with Crippen molar-refractivity contribution in [3.63, 3.8) is 0 Å². The molecule has 0 fully saturated rings. The van der Waals surface area contributed by atoms with Crippen molar-refractivity contribution < 1.29 is 28.6 Å². The molecule has 0 saturated heterocycles. The molecule has 0 aliphatic heterocycles. The Morgan fingerprint density at radius 3 is 0.671 bits per heavy atom. The molecule has 0 spiro atoms. The normalized spacial score (nSPS) is 12.1. The molecule has 82 heavy (non-hydrogen) atoms. The Hall–Kier alpha value is -2.11. The third-order valence-electron chi connectivity index (χ3n) is 17.2. The molecule has 0 heterocycles. The molecule has 0 N–H and O–H groups in total. The monoisotopic (exact) mass is 1150 g/mol. The Kier molecular flexibility index (Phi) is 69.5. The maximum absolute atomic E-state index is 13.0. The number of esters is 3. The fourth-order valence-electron chi connectivity index (χ4n) is 11.6. The van der Waals surface area contributed by atoms with Crippen molar-refractivity contribution in [1.82, 2.24) is 0 Å². The second-order valence-corrected chi connectivity index (χ2v) is 25.6. The van der Waals surface area contributed by atoms with E-state index < -0.39 is 6.10 Å². The van der Waals surface area contributed by atoms with Gasteiger partial charge in [0.05, 0.1) is 0 Å². The highest BCUT2D eigenvalue weighted by Crippen LogP contribution is 2.19. The fraction of sp³-hybridized carbons (Fsp3) is 0.908. The fourth-order valence-corrected chi connectivity index (χ4v) is 11.6. The number of allylic oxidation sites excluding steroid dienone is 4. The van der Waals surface area contributed by atoms with Crippen LogP contribution in [0.1, 0.15) is 425 Å². The third-order valence-corrected chi connectivity index (χ3v) is 17.2. The topological polar surface area (TPSA) is 78.9 Å². The predicted octanol–water partition coefficient (Wildman–Crippen LogP) is 25.7. The Labute approximate surface area is 513 Å². The van der Waals surface area contributed by atoms with Crippen LogP contribution in [-0.2, 0) is 28.6 Å². The van der Waals surface area contributed by atoms with E-state index in [9.17, 15) is 14.4 Å². The van der Waals surface area contributed by atoms with Crippen LogP contribution in [0.3, 0.4) is 0 Å². The molecular formula is C76H144O6. The minimum Gasteiger partial charge on any atom is -0.462 e. The average Bonchev–Trinajstić information content (AvgIpc) is 3.47. The van der Waals surface area contributed by atoms with Crippen LogP contribution in [0.4, 0.5) is 0 Å². The van der Waals surface area contributed by atoms with Gasteiger partial charge in [-0.05, 0) is 51.4 Å². The molecule has 0 aliphatic rings. The van der Waals surface area contributed by atoms with E-state index in [0.29, 0.717) is 19.3 Å². The summed E-state index contributed by atoms with van der Waals surface area (Å²) in [7, 11) is 0. The summed E-state index contributed by atoms with van der Waals surface area (Å²) in [6.45, 7) is 6.72. The summed E-state index contributed by atoms with van der Waals surface area (Å²) in [4.78, 5) is 38.5. The first kappa shape index (κ1) is 79.9. The Morgan fingerprint density at radius 1 is 0.244 bits per heavy atom. The van der Waals surface area contributed by atoms with E-state index in [1.807, 2.05) is 0 Å². The van der Waals surface area contributed by atoms with E-state index in [2.05, 4.69) is 45.1 Å². The number of hydrogen-bond donors (Lipinski definition) is 0. The van der Waals surface area contributed by atoms with Crippen molar-refractivity contribution in [2.24, 2.45) is 0 Å². The summed E-state index contributed by atoms with van der Waals surface area (Å²) >= 11 is 0. The molecule has 1 unspecified atom stereocenters. The van der Waals surface area contributed by atoms with Gasteiger partial charge in [-0.3, -0.25) is 14.4 Å². The summed E-state index contributed by atoms with van der Waals surface area (Å²) in [5, 5.41) is 0. The maximum atomic E-state index is 13.0. The molecule has 6 nitrogen and oxygen atoms in total. The first-order valence-corrected chi connectivity index (χ1v) is 37.3. The van der Waals surface area contributed by atoms with Crippen LogP contribution in [0.15, 0.2) is 24.3 Å². The van der Waals surface area contributed by atoms with Crippen molar-refractivity contribution >= 4 is 17.9 Å². The Bertz CT molecular complexity index is 1320. The standard InChI is InChI=1S/C76H144O6/c1-4-7-10-13-16-19-22-25-28-30-32-34-35-36-37-38-39-40-41-43-44-46-48-51-54-57-60-63-66-69-75(78)81-72-73(71-80-74(77)68-65-62-59-56-53-50-27-24-21-18-15-12-9-6-3)82-76(79)70-67-64-61-58-55-52-49-47-45-42-33-31-29-26-23-20-17-14-11-8-5-2/h23,26,31,33,73H,4-22,24-25,27-30,32,34-72H2,1-3H3/b26-23-,33-31-. The highest BCUT2D eigenvalue weighted by atomic mass is 16.6. The highest BCUT2D eigenvalue weighted by Gasteiger charge is 2.20. The largest absolute Gasteiger partial charge is 0.462 e. The number of rotatable bonds is 70. The molecular weight excluding hydrogens is 1010 g/mol. The van der Waals surface area contributed by atoms with Gasteiger partial charge in [0.15, 0.2) is 6.10 Å². The van der Waals surface area contributed by atoms with Crippen molar-refractivity contribution in [2.45, 2.75) is 431 Å². The van der Waals surface area contributed by atoms with Gasteiger partial charge in [0.25, 0.3) is 0 Å². The SMILES string of the molecule is CCCCCCC/C=C\C/C=C\CCCCCCCCCCCC(=O)OC(COC(=O)CCCCCCCCCCCCCCCC)COC(=O)CCCCCCCCCCCCCCCCCCCCCCCCCCCCCCC. The zero-order valence-electron chi connectivity index (χ0n) is 55.8. The van der Waals surface area contributed by atoms with Crippen molar-refractivity contribution in [3.8, 4) is 0 Å². The third kappa shape index (κ3) is 68.7. The lowest BCUT2D eigenvalue weighted by Crippen LogP contribution is -2.30. The summed E-state index contributed by atoms with van der Waals surface area (Å²) in [5.41, 5.74) is 0. The number of hydrogen-bond acceptors (Lipinski definition) is 6. The molecule has 484 valence electrons. The van der Waals surface area contributed by atoms with E-state index in [1.54, 1.807) is 0 Å². The van der Waals surface area contributed by atoms with Crippen molar-refractivity contribution in [3.05, 3.63) is 24.3 Å². The molecule has 0 bridgehead atoms. The van der Waals surface area contributed by atoms with E-state index in [4.69, 9.17) is 14.2 Å². The lowest BCUT2D eigenvalue weighted by molar-refractivity contribution is -0.167. The number of carbonyl (C=O) groups is 3. The van der Waals surface area contributed by atoms with Gasteiger partial charge in [0.1, 0.15) is 13.2 Å². The second kappa shape index (κ2) is 71.4. The van der Waals surface area contributed by atoms with Gasteiger partial charge < -0.3 is 14.2 Å². The summed E-state index contributed by atoms with van der Waals surface area (Å²) in [6.07, 6.45) is 88.0. The molecule has 0 rings (SSSR count). The number of carbonyl (C=O) groups excluding carboxylic acids is 3. The quantitative estimate of drug-likeness (QED) is 0.0261. The van der Waals surface area contributed by atoms with Gasteiger partial charge >= 0.3 is 17.9 Å². The molecule has 0 aromatic carbocycles. The molecule has 1 atom stereocenters. The molecule has 0 amide bonds. The van der Waals surface area contributed by atoms with Crippen LogP contribution in [0.25, 0.3) is 0 Å². The Balaban J connectivity index is 4.19. The maximum Gasteiger partial charge on any atom is 0.306 e. The zero-order valence-corrected chi connectivity index (χ0v) is 55.8. The Morgan fingerprint density at radius 2 is 0.439 bits per heavy atom. The number of ether oxygens (including phenoxy) is 3. The molecule has 0 aliphatic carbocycles. The molecule has 0 aromatic rings. The first-order valence-electron chi connectivity index (χ1n) is 37.3. The van der Waals surface area contributed by atoms with Crippen LogP contribution in [0.2, 0.25) is 0 Å². The minimum atomic E-state index is -0.771. The number of unbranched alkanes of at least 4 members (excludes halogenated alkanes) is 55. The summed E-state index contributed by atoms with van der Waals surface area (Å²) < 4.78 is 17.0. The summed E-state index contributed by atoms with van der Waals surface area (Å²) in [6, 6.07) is 0. The van der Waals surface area contributed by atoms with Crippen LogP contribution < -0.4 is 0 Å². The van der Waals surface area contributed by atoms with Gasteiger partial charge in [-0.15, -0.1) is 0 Å². The van der Waals surface area contributed by atoms with Crippen LogP contribution >= 0.6 is 0 Å². The van der Waals surface area contributed by atoms with Crippen LogP contribution in [-0.4, -0.2) is 37.2 Å². The van der Waals surface area contributed by atoms with E-state index in [0.717, 1.165) is 64.2 Å². The molecule has 0 radical (unpaired) electrons. The van der Waals surface area contributed by atoms with E-state index >= 15 is 0 Å². The van der Waals surface area contributed by atoms with Crippen molar-refractivity contribution in [2.75, 3.05) is 13.2 Å². The lowest BCUT2D eigenvalue weighted by Gasteiger charge is -2.18. The van der Waals surface area contributed by atoms with Gasteiger partial charge in [-0.25, -0.2) is 0 Å². The van der Waals surface area contributed by atoms with E-state index in [1.165, 1.54) is 321 Å². The highest BCUT2D eigenvalue weighted by molar-refractivity contribution is 5.71. The van der Waals surface area contributed by atoms with E-state index in [-0.39, 0.29) is 31.1 Å². The first-order chi connectivity index (χ1) is 40.5. The van der Waals surface area contributed by atoms with Gasteiger partial charge in [0.2, 0.25) is 0 Å². The molecule has 0 saturated carbocycles. The van der Waals surface area contributed by atoms with Crippen LogP contribution in [0, 0.1) is 0 Å².